The summed E-state index contributed by atoms with van der Waals surface area (Å²) in [7, 11) is 1.55. The number of ether oxygens (including phenoxy) is 4. The molecule has 2 aromatic rings. The molecule has 0 N–H and O–H groups in total. The minimum Gasteiger partial charge on any atom is -0.497 e. The van der Waals surface area contributed by atoms with E-state index in [1.807, 2.05) is 6.07 Å². The molecule has 0 amide bonds. The topological polar surface area (TPSA) is 66.3 Å². The van der Waals surface area contributed by atoms with E-state index >= 15 is 0 Å². The number of rotatable bonds is 3. The number of cyclic esters (lactones) is 1. The highest BCUT2D eigenvalue weighted by molar-refractivity contribution is 6.34. The zero-order chi connectivity index (χ0) is 17.4. The van der Waals surface area contributed by atoms with E-state index in [2.05, 4.69) is 4.99 Å². The summed E-state index contributed by atoms with van der Waals surface area (Å²) in [5, 5.41) is 0.384. The standard InChI is InChI=1S/C18H12ClNO5/c1-22-11-3-4-12(13(19)8-11)17-20-14(18(21)25-17)6-10-2-5-15-16(7-10)24-9-23-15/h2-8H,9H2,1H3/b14-6+. The summed E-state index contributed by atoms with van der Waals surface area (Å²) in [6.45, 7) is 0.190. The number of carbonyl (C=O) groups is 1. The van der Waals surface area contributed by atoms with Crippen LogP contribution in [0.25, 0.3) is 6.08 Å². The summed E-state index contributed by atoms with van der Waals surface area (Å²) < 4.78 is 20.9. The third-order valence-electron chi connectivity index (χ3n) is 3.73. The summed E-state index contributed by atoms with van der Waals surface area (Å²) in [5.74, 6) is 1.52. The fourth-order valence-corrected chi connectivity index (χ4v) is 2.73. The van der Waals surface area contributed by atoms with E-state index < -0.39 is 5.97 Å². The highest BCUT2D eigenvalue weighted by Gasteiger charge is 2.26. The first-order valence-electron chi connectivity index (χ1n) is 7.40. The number of halogens is 1. The van der Waals surface area contributed by atoms with E-state index in [-0.39, 0.29) is 18.4 Å². The summed E-state index contributed by atoms with van der Waals surface area (Å²) in [6.07, 6.45) is 1.62. The van der Waals surface area contributed by atoms with Crippen molar-refractivity contribution in [2.45, 2.75) is 0 Å². The van der Waals surface area contributed by atoms with Crippen molar-refractivity contribution >= 4 is 29.5 Å². The van der Waals surface area contributed by atoms with Crippen LogP contribution in [0.15, 0.2) is 47.1 Å². The Hall–Kier alpha value is -2.99. The second-order valence-corrected chi connectivity index (χ2v) is 5.70. The van der Waals surface area contributed by atoms with Crippen LogP contribution in [0.5, 0.6) is 17.2 Å². The van der Waals surface area contributed by atoms with Gasteiger partial charge in [-0.2, -0.15) is 0 Å². The lowest BCUT2D eigenvalue weighted by Crippen LogP contribution is -2.06. The molecule has 2 heterocycles. The van der Waals surface area contributed by atoms with Gasteiger partial charge in [0.25, 0.3) is 0 Å². The van der Waals surface area contributed by atoms with Gasteiger partial charge in [0.1, 0.15) is 5.75 Å². The summed E-state index contributed by atoms with van der Waals surface area (Å²) in [5.41, 5.74) is 1.45. The first-order chi connectivity index (χ1) is 12.1. The fourth-order valence-electron chi connectivity index (χ4n) is 2.48. The molecule has 2 aliphatic heterocycles. The molecule has 4 rings (SSSR count). The molecule has 0 aromatic heterocycles. The zero-order valence-corrected chi connectivity index (χ0v) is 13.9. The Morgan fingerprint density at radius 2 is 2.00 bits per heavy atom. The molecule has 2 aliphatic rings. The van der Waals surface area contributed by atoms with E-state index in [1.54, 1.807) is 43.5 Å². The average Bonchev–Trinajstić information content (AvgIpc) is 3.21. The fraction of sp³-hybridized carbons (Fsp3) is 0.111. The van der Waals surface area contributed by atoms with Gasteiger partial charge in [-0.15, -0.1) is 0 Å². The Kier molecular flexibility index (Phi) is 3.82. The molecule has 2 aromatic carbocycles. The van der Waals surface area contributed by atoms with Gasteiger partial charge in [0.05, 0.1) is 17.7 Å². The van der Waals surface area contributed by atoms with Gasteiger partial charge in [0.2, 0.25) is 12.7 Å². The van der Waals surface area contributed by atoms with Crippen LogP contribution in [0, 0.1) is 0 Å². The summed E-state index contributed by atoms with van der Waals surface area (Å²) in [4.78, 5) is 16.4. The number of aliphatic imine (C=N–C) groups is 1. The van der Waals surface area contributed by atoms with Gasteiger partial charge in [-0.25, -0.2) is 9.79 Å². The van der Waals surface area contributed by atoms with Crippen LogP contribution in [0.4, 0.5) is 0 Å². The van der Waals surface area contributed by atoms with Crippen LogP contribution >= 0.6 is 11.6 Å². The lowest BCUT2D eigenvalue weighted by Gasteiger charge is -2.05. The maximum atomic E-state index is 12.1. The number of methoxy groups -OCH3 is 1. The van der Waals surface area contributed by atoms with Crippen molar-refractivity contribution in [3.63, 3.8) is 0 Å². The number of hydrogen-bond donors (Lipinski definition) is 0. The molecule has 0 spiro atoms. The van der Waals surface area contributed by atoms with Crippen molar-refractivity contribution in [3.05, 3.63) is 58.2 Å². The molecule has 0 fully saturated rings. The van der Waals surface area contributed by atoms with E-state index in [9.17, 15) is 4.79 Å². The van der Waals surface area contributed by atoms with Crippen molar-refractivity contribution in [2.24, 2.45) is 4.99 Å². The minimum atomic E-state index is -0.542. The van der Waals surface area contributed by atoms with Gasteiger partial charge in [-0.3, -0.25) is 0 Å². The SMILES string of the molecule is COc1ccc(C2=N/C(=C/c3ccc4c(c3)OCO4)C(=O)O2)c(Cl)c1. The minimum absolute atomic E-state index is 0.157. The molecule has 25 heavy (non-hydrogen) atoms. The van der Waals surface area contributed by atoms with Gasteiger partial charge in [-0.05, 0) is 42.0 Å². The Morgan fingerprint density at radius 1 is 1.16 bits per heavy atom. The smallest absolute Gasteiger partial charge is 0.363 e. The van der Waals surface area contributed by atoms with Crippen molar-refractivity contribution < 1.29 is 23.7 Å². The normalized spacial score (nSPS) is 16.8. The third kappa shape index (κ3) is 2.92. The van der Waals surface area contributed by atoms with Crippen LogP contribution in [0.2, 0.25) is 5.02 Å². The molecule has 126 valence electrons. The van der Waals surface area contributed by atoms with Gasteiger partial charge >= 0.3 is 5.97 Å². The zero-order valence-electron chi connectivity index (χ0n) is 13.1. The Balaban J connectivity index is 1.66. The predicted molar refractivity (Wildman–Crippen MR) is 91.2 cm³/mol. The summed E-state index contributed by atoms with van der Waals surface area (Å²) in [6, 6.07) is 10.4. The lowest BCUT2D eigenvalue weighted by molar-refractivity contribution is -0.129. The first-order valence-corrected chi connectivity index (χ1v) is 7.78. The van der Waals surface area contributed by atoms with Crippen LogP contribution in [-0.4, -0.2) is 25.8 Å². The number of esters is 1. The van der Waals surface area contributed by atoms with Crippen molar-refractivity contribution in [1.29, 1.82) is 0 Å². The van der Waals surface area contributed by atoms with Crippen molar-refractivity contribution in [2.75, 3.05) is 13.9 Å². The van der Waals surface area contributed by atoms with Crippen LogP contribution in [-0.2, 0) is 9.53 Å². The van der Waals surface area contributed by atoms with E-state index in [0.29, 0.717) is 27.8 Å². The summed E-state index contributed by atoms with van der Waals surface area (Å²) >= 11 is 6.21. The largest absolute Gasteiger partial charge is 0.497 e. The molecular weight excluding hydrogens is 346 g/mol. The van der Waals surface area contributed by atoms with E-state index in [0.717, 1.165) is 5.56 Å². The number of benzene rings is 2. The highest BCUT2D eigenvalue weighted by atomic mass is 35.5. The monoisotopic (exact) mass is 357 g/mol. The second-order valence-electron chi connectivity index (χ2n) is 5.29. The third-order valence-corrected chi connectivity index (χ3v) is 4.04. The Morgan fingerprint density at radius 3 is 2.80 bits per heavy atom. The maximum absolute atomic E-state index is 12.1. The highest BCUT2D eigenvalue weighted by Crippen LogP contribution is 2.33. The van der Waals surface area contributed by atoms with Gasteiger partial charge < -0.3 is 18.9 Å². The molecule has 0 bridgehead atoms. The van der Waals surface area contributed by atoms with Gasteiger partial charge in [-0.1, -0.05) is 17.7 Å². The Labute approximate surface area is 148 Å². The van der Waals surface area contributed by atoms with Gasteiger partial charge in [0.15, 0.2) is 17.2 Å². The molecule has 0 atom stereocenters. The number of fused-ring (bicyclic) bond motifs is 1. The molecule has 7 heteroatoms. The van der Waals surface area contributed by atoms with Crippen LogP contribution in [0.1, 0.15) is 11.1 Å². The van der Waals surface area contributed by atoms with E-state index in [1.165, 1.54) is 0 Å². The molecule has 6 nitrogen and oxygen atoms in total. The molecule has 0 unspecified atom stereocenters. The Bertz CT molecular complexity index is 935. The van der Waals surface area contributed by atoms with Crippen LogP contribution < -0.4 is 14.2 Å². The maximum Gasteiger partial charge on any atom is 0.363 e. The van der Waals surface area contributed by atoms with Gasteiger partial charge in [0, 0.05) is 0 Å². The van der Waals surface area contributed by atoms with Crippen molar-refractivity contribution in [1.82, 2.24) is 0 Å². The van der Waals surface area contributed by atoms with Crippen molar-refractivity contribution in [3.8, 4) is 17.2 Å². The molecule has 0 saturated heterocycles. The number of hydrogen-bond acceptors (Lipinski definition) is 6. The second kappa shape index (κ2) is 6.14. The molecule has 0 aliphatic carbocycles. The molecule has 0 radical (unpaired) electrons. The average molecular weight is 358 g/mol. The lowest BCUT2D eigenvalue weighted by atomic mass is 10.1. The quantitative estimate of drug-likeness (QED) is 0.622. The van der Waals surface area contributed by atoms with Crippen LogP contribution in [0.3, 0.4) is 0 Å². The number of nitrogens with zero attached hydrogens (tertiary/aromatic N) is 1. The molecular formula is C18H12ClNO5. The van der Waals surface area contributed by atoms with E-state index in [4.69, 9.17) is 30.5 Å². The molecule has 0 saturated carbocycles. The first kappa shape index (κ1) is 15.5. The number of carbonyl (C=O) groups excluding carboxylic acids is 1. The predicted octanol–water partition coefficient (Wildman–Crippen LogP) is 3.42.